The van der Waals surface area contributed by atoms with Gasteiger partial charge in [-0.3, -0.25) is 4.79 Å². The molecule has 2 atom stereocenters. The molecule has 144 valence electrons. The van der Waals surface area contributed by atoms with Crippen molar-refractivity contribution < 1.29 is 23.9 Å². The monoisotopic (exact) mass is 364 g/mol. The van der Waals surface area contributed by atoms with E-state index in [1.54, 1.807) is 6.92 Å². The minimum Gasteiger partial charge on any atom is -0.464 e. The number of nitrogens with one attached hydrogen (secondary N) is 2. The maximum atomic E-state index is 12.4. The zero-order chi connectivity index (χ0) is 19.5. The molecule has 2 N–H and O–H groups in total. The molecule has 2 amide bonds. The third-order valence-corrected chi connectivity index (χ3v) is 3.53. The van der Waals surface area contributed by atoms with Crippen LogP contribution in [0.1, 0.15) is 39.7 Å². The number of rotatable bonds is 9. The molecule has 0 spiro atoms. The first-order chi connectivity index (χ1) is 12.3. The molecule has 7 heteroatoms. The van der Waals surface area contributed by atoms with Gasteiger partial charge in [0.2, 0.25) is 5.91 Å². The molecular formula is C19H28N2O5. The predicted octanol–water partition coefficient (Wildman–Crippen LogP) is 2.40. The fourth-order valence-corrected chi connectivity index (χ4v) is 2.25. The molecule has 0 saturated carbocycles. The third kappa shape index (κ3) is 8.00. The molecule has 0 fully saturated rings. The lowest BCUT2D eigenvalue weighted by Gasteiger charge is -2.22. The molecule has 0 heterocycles. The van der Waals surface area contributed by atoms with E-state index in [0.29, 0.717) is 6.42 Å². The number of esters is 1. The van der Waals surface area contributed by atoms with Crippen LogP contribution >= 0.6 is 0 Å². The van der Waals surface area contributed by atoms with Crippen LogP contribution < -0.4 is 10.6 Å². The molecule has 0 unspecified atom stereocenters. The van der Waals surface area contributed by atoms with E-state index in [2.05, 4.69) is 10.6 Å². The molecule has 0 radical (unpaired) electrons. The van der Waals surface area contributed by atoms with Gasteiger partial charge < -0.3 is 20.1 Å². The van der Waals surface area contributed by atoms with Crippen LogP contribution in [0.4, 0.5) is 4.79 Å². The lowest BCUT2D eigenvalue weighted by atomic mass is 10.0. The molecule has 1 aromatic carbocycles. The van der Waals surface area contributed by atoms with Gasteiger partial charge in [0.15, 0.2) is 0 Å². The lowest BCUT2D eigenvalue weighted by Crippen LogP contribution is -2.51. The Hall–Kier alpha value is -2.57. The summed E-state index contributed by atoms with van der Waals surface area (Å²) in [6.07, 6.45) is -0.264. The number of carbonyl (C=O) groups is 3. The zero-order valence-electron chi connectivity index (χ0n) is 15.8. The summed E-state index contributed by atoms with van der Waals surface area (Å²) in [6, 6.07) is 7.66. The molecule has 1 rings (SSSR count). The van der Waals surface area contributed by atoms with E-state index in [4.69, 9.17) is 9.47 Å². The number of amides is 2. The van der Waals surface area contributed by atoms with Gasteiger partial charge in [0.1, 0.15) is 18.7 Å². The second-order valence-corrected chi connectivity index (χ2v) is 6.37. The number of ether oxygens (including phenoxy) is 2. The van der Waals surface area contributed by atoms with Crippen LogP contribution in [-0.4, -0.2) is 36.7 Å². The maximum absolute atomic E-state index is 12.4. The quantitative estimate of drug-likeness (QED) is 0.656. The fourth-order valence-electron chi connectivity index (χ4n) is 2.25. The zero-order valence-corrected chi connectivity index (χ0v) is 15.8. The van der Waals surface area contributed by atoms with E-state index >= 15 is 0 Å². The first-order valence-corrected chi connectivity index (χ1v) is 8.77. The topological polar surface area (TPSA) is 93.7 Å². The molecule has 0 aliphatic rings. The first kappa shape index (κ1) is 21.5. The average Bonchev–Trinajstić information content (AvgIpc) is 2.60. The van der Waals surface area contributed by atoms with Crippen molar-refractivity contribution in [2.75, 3.05) is 6.61 Å². The smallest absolute Gasteiger partial charge is 0.408 e. The van der Waals surface area contributed by atoms with E-state index in [1.807, 2.05) is 44.2 Å². The van der Waals surface area contributed by atoms with E-state index in [0.717, 1.165) is 5.56 Å². The van der Waals surface area contributed by atoms with Gasteiger partial charge >= 0.3 is 12.1 Å². The molecule has 0 aliphatic carbocycles. The van der Waals surface area contributed by atoms with Crippen molar-refractivity contribution in [2.24, 2.45) is 5.92 Å². The summed E-state index contributed by atoms with van der Waals surface area (Å²) >= 11 is 0. The molecular weight excluding hydrogens is 336 g/mol. The number of alkyl carbamates (subject to hydrolysis) is 1. The highest BCUT2D eigenvalue weighted by atomic mass is 16.5. The summed E-state index contributed by atoms with van der Waals surface area (Å²) in [4.78, 5) is 36.1. The third-order valence-electron chi connectivity index (χ3n) is 3.53. The lowest BCUT2D eigenvalue weighted by molar-refractivity contribution is -0.147. The minimum absolute atomic E-state index is 0.113. The van der Waals surface area contributed by atoms with Crippen molar-refractivity contribution in [1.82, 2.24) is 10.6 Å². The van der Waals surface area contributed by atoms with E-state index < -0.39 is 30.1 Å². The SMILES string of the molecule is CCOC(=O)[C@H](C)NC(=O)[C@H](CC(C)C)NC(=O)OCc1ccccc1. The number of hydrogen-bond donors (Lipinski definition) is 2. The van der Waals surface area contributed by atoms with Crippen LogP contribution in [0.2, 0.25) is 0 Å². The van der Waals surface area contributed by atoms with Gasteiger partial charge in [0.05, 0.1) is 6.61 Å². The van der Waals surface area contributed by atoms with Gasteiger partial charge in [-0.2, -0.15) is 0 Å². The Morgan fingerprint density at radius 3 is 2.23 bits per heavy atom. The first-order valence-electron chi connectivity index (χ1n) is 8.77. The summed E-state index contributed by atoms with van der Waals surface area (Å²) in [5.74, 6) is -0.801. The Kier molecular flexibility index (Phi) is 9.19. The van der Waals surface area contributed by atoms with Crippen molar-refractivity contribution in [3.05, 3.63) is 35.9 Å². The van der Waals surface area contributed by atoms with Crippen LogP contribution in [-0.2, 0) is 25.7 Å². The maximum Gasteiger partial charge on any atom is 0.408 e. The van der Waals surface area contributed by atoms with Gasteiger partial charge in [-0.05, 0) is 31.7 Å². The standard InChI is InChI=1S/C19H28N2O5/c1-5-25-18(23)14(4)20-17(22)16(11-13(2)3)21-19(24)26-12-15-9-7-6-8-10-15/h6-10,13-14,16H,5,11-12H2,1-4H3,(H,20,22)(H,21,24)/t14-,16-/m0/s1. The summed E-state index contributed by atoms with van der Waals surface area (Å²) in [7, 11) is 0. The molecule has 0 saturated heterocycles. The van der Waals surface area contributed by atoms with Crippen LogP contribution in [0, 0.1) is 5.92 Å². The second-order valence-electron chi connectivity index (χ2n) is 6.37. The second kappa shape index (κ2) is 11.1. The van der Waals surface area contributed by atoms with Crippen LogP contribution in [0.15, 0.2) is 30.3 Å². The van der Waals surface area contributed by atoms with Gasteiger partial charge in [-0.1, -0.05) is 44.2 Å². The molecule has 0 aromatic heterocycles. The summed E-state index contributed by atoms with van der Waals surface area (Å²) < 4.78 is 10.0. The van der Waals surface area contributed by atoms with Gasteiger partial charge in [0.25, 0.3) is 0 Å². The Balaban J connectivity index is 2.60. The van der Waals surface area contributed by atoms with E-state index in [1.165, 1.54) is 6.92 Å². The van der Waals surface area contributed by atoms with Crippen molar-refractivity contribution in [3.8, 4) is 0 Å². The van der Waals surface area contributed by atoms with Crippen LogP contribution in [0.5, 0.6) is 0 Å². The molecule has 26 heavy (non-hydrogen) atoms. The number of carbonyl (C=O) groups excluding carboxylic acids is 3. The van der Waals surface area contributed by atoms with Crippen molar-refractivity contribution in [1.29, 1.82) is 0 Å². The summed E-state index contributed by atoms with van der Waals surface area (Å²) in [6.45, 7) is 7.45. The van der Waals surface area contributed by atoms with E-state index in [-0.39, 0.29) is 19.1 Å². The normalized spacial score (nSPS) is 12.8. The van der Waals surface area contributed by atoms with E-state index in [9.17, 15) is 14.4 Å². The Bertz CT molecular complexity index is 589. The highest BCUT2D eigenvalue weighted by Gasteiger charge is 2.26. The minimum atomic E-state index is -0.796. The van der Waals surface area contributed by atoms with Crippen molar-refractivity contribution in [2.45, 2.75) is 52.8 Å². The largest absolute Gasteiger partial charge is 0.464 e. The summed E-state index contributed by atoms with van der Waals surface area (Å²) in [5, 5.41) is 5.13. The molecule has 0 bridgehead atoms. The predicted molar refractivity (Wildman–Crippen MR) is 97.2 cm³/mol. The highest BCUT2D eigenvalue weighted by molar-refractivity contribution is 5.89. The fraction of sp³-hybridized carbons (Fsp3) is 0.526. The molecule has 7 nitrogen and oxygen atoms in total. The Morgan fingerprint density at radius 2 is 1.65 bits per heavy atom. The molecule has 1 aromatic rings. The number of hydrogen-bond acceptors (Lipinski definition) is 5. The van der Waals surface area contributed by atoms with Crippen molar-refractivity contribution >= 4 is 18.0 Å². The van der Waals surface area contributed by atoms with Gasteiger partial charge in [0, 0.05) is 0 Å². The summed E-state index contributed by atoms with van der Waals surface area (Å²) in [5.41, 5.74) is 0.850. The Morgan fingerprint density at radius 1 is 1.00 bits per heavy atom. The van der Waals surface area contributed by atoms with Gasteiger partial charge in [-0.15, -0.1) is 0 Å². The molecule has 0 aliphatic heterocycles. The number of benzene rings is 1. The van der Waals surface area contributed by atoms with Crippen molar-refractivity contribution in [3.63, 3.8) is 0 Å². The average molecular weight is 364 g/mol. The Labute approximate surface area is 154 Å². The van der Waals surface area contributed by atoms with Crippen LogP contribution in [0.3, 0.4) is 0 Å². The highest BCUT2D eigenvalue weighted by Crippen LogP contribution is 2.07. The van der Waals surface area contributed by atoms with Crippen LogP contribution in [0.25, 0.3) is 0 Å². The van der Waals surface area contributed by atoms with Gasteiger partial charge in [-0.25, -0.2) is 9.59 Å².